The molecular weight excluding hydrogens is 345 g/mol. The highest BCUT2D eigenvalue weighted by Crippen LogP contribution is 2.35. The topological polar surface area (TPSA) is 50.4 Å². The third kappa shape index (κ3) is 6.52. The number of hydrogen-bond acceptors (Lipinski definition) is 3. The van der Waals surface area contributed by atoms with Gasteiger partial charge in [0.25, 0.3) is 0 Å². The first-order chi connectivity index (χ1) is 12.0. The number of alkyl halides is 3. The van der Waals surface area contributed by atoms with Gasteiger partial charge in [-0.3, -0.25) is 4.79 Å². The first-order valence-electron chi connectivity index (χ1n) is 8.91. The predicted molar refractivity (Wildman–Crippen MR) is 93.9 cm³/mol. The summed E-state index contributed by atoms with van der Waals surface area (Å²) in [6.07, 6.45) is -2.38. The van der Waals surface area contributed by atoms with Crippen molar-refractivity contribution in [3.8, 4) is 5.75 Å². The molecule has 2 N–H and O–H groups in total. The fourth-order valence-corrected chi connectivity index (χ4v) is 2.97. The van der Waals surface area contributed by atoms with Gasteiger partial charge in [-0.2, -0.15) is 13.2 Å². The number of rotatable bonds is 6. The molecule has 4 nitrogen and oxygen atoms in total. The number of amides is 1. The predicted octanol–water partition coefficient (Wildman–Crippen LogP) is 3.89. The van der Waals surface area contributed by atoms with E-state index in [-0.39, 0.29) is 23.8 Å². The quantitative estimate of drug-likeness (QED) is 0.797. The molecule has 0 aromatic heterocycles. The average molecular weight is 372 g/mol. The van der Waals surface area contributed by atoms with Crippen molar-refractivity contribution in [1.82, 2.24) is 10.6 Å². The van der Waals surface area contributed by atoms with Gasteiger partial charge in [0.1, 0.15) is 11.4 Å². The Balaban J connectivity index is 1.99. The SMILES string of the molecule is CC(C)(C)Oc1ccc(CNC(=O)CCC2CCNC2)c(C(F)(F)F)c1. The first-order valence-corrected chi connectivity index (χ1v) is 8.91. The molecule has 1 aromatic carbocycles. The Bertz CT molecular complexity index is 618. The maximum absolute atomic E-state index is 13.4. The molecule has 2 rings (SSSR count). The van der Waals surface area contributed by atoms with Crippen LogP contribution in [0.5, 0.6) is 5.75 Å². The van der Waals surface area contributed by atoms with E-state index in [9.17, 15) is 18.0 Å². The van der Waals surface area contributed by atoms with Crippen molar-refractivity contribution in [2.24, 2.45) is 5.92 Å². The van der Waals surface area contributed by atoms with E-state index >= 15 is 0 Å². The minimum absolute atomic E-state index is 0.0367. The molecule has 26 heavy (non-hydrogen) atoms. The van der Waals surface area contributed by atoms with Gasteiger partial charge in [0.05, 0.1) is 5.56 Å². The molecule has 0 spiro atoms. The number of hydrogen-bond donors (Lipinski definition) is 2. The number of carbonyl (C=O) groups is 1. The minimum atomic E-state index is -4.51. The molecule has 7 heteroatoms. The van der Waals surface area contributed by atoms with Gasteiger partial charge in [-0.25, -0.2) is 0 Å². The van der Waals surface area contributed by atoms with Gasteiger partial charge in [-0.1, -0.05) is 6.07 Å². The molecule has 0 saturated carbocycles. The maximum atomic E-state index is 13.4. The van der Waals surface area contributed by atoms with Crippen LogP contribution >= 0.6 is 0 Å². The largest absolute Gasteiger partial charge is 0.488 e. The molecule has 1 atom stereocenters. The van der Waals surface area contributed by atoms with Crippen molar-refractivity contribution >= 4 is 5.91 Å². The van der Waals surface area contributed by atoms with Crippen molar-refractivity contribution in [2.45, 2.75) is 58.4 Å². The fraction of sp³-hybridized carbons (Fsp3) is 0.632. The maximum Gasteiger partial charge on any atom is 0.416 e. The molecule has 1 aliphatic rings. The van der Waals surface area contributed by atoms with Gasteiger partial charge in [-0.05, 0) is 70.3 Å². The summed E-state index contributed by atoms with van der Waals surface area (Å²) in [7, 11) is 0. The van der Waals surface area contributed by atoms with Crippen molar-refractivity contribution in [1.29, 1.82) is 0 Å². The van der Waals surface area contributed by atoms with E-state index in [0.717, 1.165) is 32.0 Å². The van der Waals surface area contributed by atoms with Crippen LogP contribution < -0.4 is 15.4 Å². The molecule has 0 aliphatic carbocycles. The van der Waals surface area contributed by atoms with Crippen LogP contribution in [-0.2, 0) is 17.5 Å². The second-order valence-corrected chi connectivity index (χ2v) is 7.71. The van der Waals surface area contributed by atoms with Crippen molar-refractivity contribution in [2.75, 3.05) is 13.1 Å². The monoisotopic (exact) mass is 372 g/mol. The summed E-state index contributed by atoms with van der Waals surface area (Å²) in [5.41, 5.74) is -1.33. The van der Waals surface area contributed by atoms with Gasteiger partial charge in [0.2, 0.25) is 5.91 Å². The van der Waals surface area contributed by atoms with Gasteiger partial charge in [-0.15, -0.1) is 0 Å². The molecule has 1 aliphatic heterocycles. The van der Waals surface area contributed by atoms with Crippen LogP contribution in [0, 0.1) is 5.92 Å². The highest BCUT2D eigenvalue weighted by molar-refractivity contribution is 5.75. The minimum Gasteiger partial charge on any atom is -0.488 e. The molecule has 146 valence electrons. The lowest BCUT2D eigenvalue weighted by atomic mass is 10.0. The third-order valence-electron chi connectivity index (χ3n) is 4.23. The van der Waals surface area contributed by atoms with Crippen LogP contribution in [0.1, 0.15) is 51.2 Å². The zero-order valence-corrected chi connectivity index (χ0v) is 15.5. The zero-order valence-electron chi connectivity index (χ0n) is 15.5. The summed E-state index contributed by atoms with van der Waals surface area (Å²) in [6, 6.07) is 3.87. The van der Waals surface area contributed by atoms with E-state index in [1.54, 1.807) is 20.8 Å². The molecule has 1 amide bonds. The smallest absolute Gasteiger partial charge is 0.416 e. The fourth-order valence-electron chi connectivity index (χ4n) is 2.97. The van der Waals surface area contributed by atoms with Crippen LogP contribution in [0.25, 0.3) is 0 Å². The van der Waals surface area contributed by atoms with E-state index in [4.69, 9.17) is 4.74 Å². The van der Waals surface area contributed by atoms with Crippen LogP contribution in [0.15, 0.2) is 18.2 Å². The summed E-state index contributed by atoms with van der Waals surface area (Å²) in [5, 5.41) is 5.83. The summed E-state index contributed by atoms with van der Waals surface area (Å²) >= 11 is 0. The number of benzene rings is 1. The van der Waals surface area contributed by atoms with E-state index in [2.05, 4.69) is 10.6 Å². The highest BCUT2D eigenvalue weighted by atomic mass is 19.4. The van der Waals surface area contributed by atoms with Crippen LogP contribution in [0.4, 0.5) is 13.2 Å². The van der Waals surface area contributed by atoms with Crippen LogP contribution in [-0.4, -0.2) is 24.6 Å². The van der Waals surface area contributed by atoms with Crippen LogP contribution in [0.2, 0.25) is 0 Å². The second kappa shape index (κ2) is 8.29. The zero-order chi connectivity index (χ0) is 19.4. The number of nitrogens with one attached hydrogen (secondary N) is 2. The standard InChI is InChI=1S/C19H27F3N2O2/c1-18(2,3)26-15-6-5-14(16(10-15)19(20,21)22)12-24-17(25)7-4-13-8-9-23-11-13/h5-6,10,13,23H,4,7-9,11-12H2,1-3H3,(H,24,25). The Kier molecular flexibility index (Phi) is 6.55. The molecule has 1 aromatic rings. The number of halogens is 3. The Morgan fingerprint density at radius 2 is 2.04 bits per heavy atom. The molecule has 0 radical (unpaired) electrons. The normalized spacial score (nSPS) is 18.0. The summed E-state index contributed by atoms with van der Waals surface area (Å²) in [4.78, 5) is 12.0. The summed E-state index contributed by atoms with van der Waals surface area (Å²) in [6.45, 7) is 7.04. The Hall–Kier alpha value is -1.76. The molecule has 1 fully saturated rings. The average Bonchev–Trinajstić information content (AvgIpc) is 3.02. The Morgan fingerprint density at radius 1 is 1.31 bits per heavy atom. The first kappa shape index (κ1) is 20.6. The summed E-state index contributed by atoms with van der Waals surface area (Å²) in [5.74, 6) is 0.411. The lowest BCUT2D eigenvalue weighted by molar-refractivity contribution is -0.138. The van der Waals surface area contributed by atoms with E-state index in [0.29, 0.717) is 12.3 Å². The van der Waals surface area contributed by atoms with Gasteiger partial charge in [0.15, 0.2) is 0 Å². The van der Waals surface area contributed by atoms with Gasteiger partial charge < -0.3 is 15.4 Å². The molecule has 1 unspecified atom stereocenters. The molecule has 1 saturated heterocycles. The van der Waals surface area contributed by atoms with Gasteiger partial charge >= 0.3 is 6.18 Å². The lowest BCUT2D eigenvalue weighted by Crippen LogP contribution is -2.26. The van der Waals surface area contributed by atoms with E-state index < -0.39 is 17.3 Å². The van der Waals surface area contributed by atoms with Crippen molar-refractivity contribution < 1.29 is 22.7 Å². The Labute approximate surface area is 152 Å². The van der Waals surface area contributed by atoms with Crippen LogP contribution in [0.3, 0.4) is 0 Å². The van der Waals surface area contributed by atoms with E-state index in [1.807, 2.05) is 0 Å². The summed E-state index contributed by atoms with van der Waals surface area (Å²) < 4.78 is 45.6. The highest BCUT2D eigenvalue weighted by Gasteiger charge is 2.34. The number of ether oxygens (including phenoxy) is 1. The number of carbonyl (C=O) groups excluding carboxylic acids is 1. The second-order valence-electron chi connectivity index (χ2n) is 7.71. The molecule has 0 bridgehead atoms. The Morgan fingerprint density at radius 3 is 2.62 bits per heavy atom. The third-order valence-corrected chi connectivity index (χ3v) is 4.23. The van der Waals surface area contributed by atoms with Gasteiger partial charge in [0, 0.05) is 13.0 Å². The molecule has 1 heterocycles. The molecular formula is C19H27F3N2O2. The van der Waals surface area contributed by atoms with E-state index in [1.165, 1.54) is 12.1 Å². The van der Waals surface area contributed by atoms with Crippen molar-refractivity contribution in [3.63, 3.8) is 0 Å². The lowest BCUT2D eigenvalue weighted by Gasteiger charge is -2.23. The van der Waals surface area contributed by atoms with Crippen molar-refractivity contribution in [3.05, 3.63) is 29.3 Å².